The Morgan fingerprint density at radius 3 is 2.57 bits per heavy atom. The molecule has 0 saturated carbocycles. The topological polar surface area (TPSA) is 108 Å². The average Bonchev–Trinajstić information content (AvgIpc) is 2.72. The number of benzene rings is 1. The van der Waals surface area contributed by atoms with E-state index in [0.29, 0.717) is 43.0 Å². The highest BCUT2D eigenvalue weighted by Crippen LogP contribution is 2.32. The van der Waals surface area contributed by atoms with Crippen LogP contribution in [0.5, 0.6) is 11.5 Å². The zero-order valence-corrected chi connectivity index (χ0v) is 16.7. The van der Waals surface area contributed by atoms with Crippen LogP contribution in [0.25, 0.3) is 0 Å². The first-order chi connectivity index (χ1) is 13.4. The Morgan fingerprint density at radius 2 is 1.93 bits per heavy atom. The molecule has 2 rings (SSSR count). The molecule has 0 bridgehead atoms. The Hall–Kier alpha value is -2.61. The highest BCUT2D eigenvalue weighted by atomic mass is 16.5. The lowest BCUT2D eigenvalue weighted by molar-refractivity contribution is -0.155. The van der Waals surface area contributed by atoms with Gasteiger partial charge in [0.1, 0.15) is 6.04 Å². The van der Waals surface area contributed by atoms with Gasteiger partial charge in [-0.05, 0) is 56.8 Å². The largest absolute Gasteiger partial charge is 0.493 e. The van der Waals surface area contributed by atoms with E-state index in [0.717, 1.165) is 12.8 Å². The van der Waals surface area contributed by atoms with Crippen LogP contribution in [0.4, 0.5) is 0 Å². The minimum atomic E-state index is -0.746. The lowest BCUT2D eigenvalue weighted by Crippen LogP contribution is -2.51. The molecule has 1 aromatic carbocycles. The van der Waals surface area contributed by atoms with E-state index in [2.05, 4.69) is 0 Å². The molecule has 1 atom stereocenters. The van der Waals surface area contributed by atoms with Crippen LogP contribution in [-0.2, 0) is 14.3 Å². The molecule has 1 heterocycles. The summed E-state index contributed by atoms with van der Waals surface area (Å²) in [7, 11) is 2.97. The van der Waals surface area contributed by atoms with Gasteiger partial charge in [-0.15, -0.1) is 0 Å². The number of ether oxygens (including phenoxy) is 3. The number of esters is 1. The monoisotopic (exact) mass is 392 g/mol. The van der Waals surface area contributed by atoms with Crippen LogP contribution < -0.4 is 15.2 Å². The maximum atomic E-state index is 12.9. The Labute approximate surface area is 164 Å². The molecule has 0 unspecified atom stereocenters. The van der Waals surface area contributed by atoms with Crippen molar-refractivity contribution in [3.05, 3.63) is 23.3 Å². The number of nitrogens with two attached hydrogens (primary N) is 1. The molecule has 0 aliphatic carbocycles. The smallest absolute Gasteiger partial charge is 0.328 e. The van der Waals surface area contributed by atoms with Crippen LogP contribution in [0.15, 0.2) is 12.1 Å². The van der Waals surface area contributed by atoms with Crippen LogP contribution in [0.2, 0.25) is 0 Å². The summed E-state index contributed by atoms with van der Waals surface area (Å²) in [6.07, 6.45) is 2.56. The summed E-state index contributed by atoms with van der Waals surface area (Å²) >= 11 is 0. The molecule has 1 aliphatic rings. The number of carbonyl (C=O) groups is 3. The van der Waals surface area contributed by atoms with E-state index in [1.54, 1.807) is 13.0 Å². The van der Waals surface area contributed by atoms with E-state index in [-0.39, 0.29) is 12.2 Å². The van der Waals surface area contributed by atoms with E-state index in [4.69, 9.17) is 19.9 Å². The summed E-state index contributed by atoms with van der Waals surface area (Å²) in [5.41, 5.74) is 6.28. The summed E-state index contributed by atoms with van der Waals surface area (Å²) in [5, 5.41) is 0. The fourth-order valence-electron chi connectivity index (χ4n) is 3.31. The van der Waals surface area contributed by atoms with Gasteiger partial charge in [0.15, 0.2) is 11.5 Å². The molecular formula is C20H28N2O6. The van der Waals surface area contributed by atoms with Crippen molar-refractivity contribution in [1.29, 1.82) is 0 Å². The number of hydrogen-bond donors (Lipinski definition) is 1. The normalized spacial score (nSPS) is 16.4. The summed E-state index contributed by atoms with van der Waals surface area (Å²) < 4.78 is 15.7. The van der Waals surface area contributed by atoms with Gasteiger partial charge in [0, 0.05) is 12.1 Å². The quantitative estimate of drug-likeness (QED) is 0.309. The van der Waals surface area contributed by atoms with E-state index in [1.807, 2.05) is 0 Å². The Balaban J connectivity index is 2.21. The lowest BCUT2D eigenvalue weighted by atomic mass is 9.99. The minimum Gasteiger partial charge on any atom is -0.493 e. The highest BCUT2D eigenvalue weighted by molar-refractivity contribution is 6.43. The van der Waals surface area contributed by atoms with Gasteiger partial charge in [-0.25, -0.2) is 4.79 Å². The van der Waals surface area contributed by atoms with E-state index in [9.17, 15) is 14.4 Å². The molecule has 8 heteroatoms. The molecule has 0 spiro atoms. The third kappa shape index (κ3) is 4.81. The summed E-state index contributed by atoms with van der Waals surface area (Å²) in [4.78, 5) is 39.4. The fourth-order valence-corrected chi connectivity index (χ4v) is 3.31. The third-order valence-electron chi connectivity index (χ3n) is 4.75. The first kappa shape index (κ1) is 21.7. The summed E-state index contributed by atoms with van der Waals surface area (Å²) in [5.74, 6) is -1.02. The van der Waals surface area contributed by atoms with Crippen LogP contribution in [0.1, 0.15) is 41.6 Å². The molecule has 1 saturated heterocycles. The maximum absolute atomic E-state index is 12.9. The summed E-state index contributed by atoms with van der Waals surface area (Å²) in [6, 6.07) is 2.31. The second-order valence-electron chi connectivity index (χ2n) is 6.68. The molecule has 8 nitrogen and oxygen atoms in total. The second kappa shape index (κ2) is 10.1. The van der Waals surface area contributed by atoms with Gasteiger partial charge >= 0.3 is 5.97 Å². The second-order valence-corrected chi connectivity index (χ2v) is 6.68. The van der Waals surface area contributed by atoms with Crippen LogP contribution in [0.3, 0.4) is 0 Å². The number of Topliss-reactive ketones (excluding diaryl/α,β-unsaturated/α-hetero) is 1. The summed E-state index contributed by atoms with van der Waals surface area (Å²) in [6.45, 7) is 2.73. The number of likely N-dealkylation sites (tertiary alicyclic amines) is 1. The van der Waals surface area contributed by atoms with Gasteiger partial charge in [-0.1, -0.05) is 0 Å². The van der Waals surface area contributed by atoms with Crippen molar-refractivity contribution in [3.8, 4) is 11.5 Å². The Morgan fingerprint density at radius 1 is 1.18 bits per heavy atom. The number of amides is 1. The molecule has 28 heavy (non-hydrogen) atoms. The number of aryl methyl sites for hydroxylation is 1. The van der Waals surface area contributed by atoms with Crippen molar-refractivity contribution in [2.24, 2.45) is 5.73 Å². The number of carbonyl (C=O) groups excluding carboxylic acids is 3. The number of piperidine rings is 1. The Kier molecular flexibility index (Phi) is 7.80. The van der Waals surface area contributed by atoms with Gasteiger partial charge in [0.05, 0.1) is 20.8 Å². The van der Waals surface area contributed by atoms with Crippen molar-refractivity contribution in [1.82, 2.24) is 4.90 Å². The predicted octanol–water partition coefficient (Wildman–Crippen LogP) is 1.47. The Bertz CT molecular complexity index is 734. The number of nitrogens with zero attached hydrogens (tertiary/aromatic N) is 1. The first-order valence-corrected chi connectivity index (χ1v) is 9.39. The van der Waals surface area contributed by atoms with Crippen molar-refractivity contribution < 1.29 is 28.6 Å². The van der Waals surface area contributed by atoms with E-state index >= 15 is 0 Å². The SMILES string of the molecule is COc1cc(C(=O)C(=O)N2CCCC[C@@H]2C(=O)OCCCN)cc(C)c1OC. The van der Waals surface area contributed by atoms with E-state index in [1.165, 1.54) is 25.2 Å². The lowest BCUT2D eigenvalue weighted by Gasteiger charge is -2.33. The van der Waals surface area contributed by atoms with Crippen LogP contribution in [0, 0.1) is 6.92 Å². The first-order valence-electron chi connectivity index (χ1n) is 9.39. The van der Waals surface area contributed by atoms with E-state index < -0.39 is 23.7 Å². The van der Waals surface area contributed by atoms with Gasteiger partial charge in [0.25, 0.3) is 11.7 Å². The van der Waals surface area contributed by atoms with Crippen molar-refractivity contribution >= 4 is 17.7 Å². The van der Waals surface area contributed by atoms with Crippen molar-refractivity contribution in [3.63, 3.8) is 0 Å². The van der Waals surface area contributed by atoms with Gasteiger partial charge in [0.2, 0.25) is 0 Å². The number of methoxy groups -OCH3 is 2. The molecule has 1 aliphatic heterocycles. The number of rotatable bonds is 8. The average molecular weight is 392 g/mol. The molecule has 1 aromatic rings. The molecule has 0 aromatic heterocycles. The zero-order chi connectivity index (χ0) is 20.7. The van der Waals surface area contributed by atoms with Gasteiger partial charge in [-0.3, -0.25) is 9.59 Å². The van der Waals surface area contributed by atoms with Crippen molar-refractivity contribution in [2.75, 3.05) is 33.9 Å². The molecule has 2 N–H and O–H groups in total. The standard InChI is InChI=1S/C20H28N2O6/c1-13-11-14(12-16(26-2)18(13)27-3)17(23)19(24)22-9-5-4-7-15(22)20(25)28-10-6-8-21/h11-12,15H,4-10,21H2,1-3H3/t15-/m1/s1. The predicted molar refractivity (Wildman–Crippen MR) is 103 cm³/mol. The van der Waals surface area contributed by atoms with Crippen molar-refractivity contribution in [2.45, 2.75) is 38.6 Å². The number of hydrogen-bond acceptors (Lipinski definition) is 7. The third-order valence-corrected chi connectivity index (χ3v) is 4.75. The molecule has 1 amide bonds. The zero-order valence-electron chi connectivity index (χ0n) is 16.7. The molecule has 0 radical (unpaired) electrons. The molecule has 1 fully saturated rings. The van der Waals surface area contributed by atoms with Crippen LogP contribution >= 0.6 is 0 Å². The number of ketones is 1. The van der Waals surface area contributed by atoms with Crippen LogP contribution in [-0.4, -0.2) is 62.5 Å². The highest BCUT2D eigenvalue weighted by Gasteiger charge is 2.36. The fraction of sp³-hybridized carbons (Fsp3) is 0.550. The maximum Gasteiger partial charge on any atom is 0.328 e. The van der Waals surface area contributed by atoms with Gasteiger partial charge in [-0.2, -0.15) is 0 Å². The minimum absolute atomic E-state index is 0.195. The molecule has 154 valence electrons. The molecular weight excluding hydrogens is 364 g/mol. The van der Waals surface area contributed by atoms with Gasteiger partial charge < -0.3 is 24.8 Å².